The van der Waals surface area contributed by atoms with E-state index in [1.54, 1.807) is 0 Å². The molecule has 3 atom stereocenters. The van der Waals surface area contributed by atoms with Crippen LogP contribution in [0, 0.1) is 0 Å². The van der Waals surface area contributed by atoms with Crippen LogP contribution < -0.4 is 5.73 Å². The normalized spacial score (nSPS) is 23.8. The van der Waals surface area contributed by atoms with Gasteiger partial charge in [-0.1, -0.05) is 28.1 Å². The number of nitrogens with zero attached hydrogens (tertiary/aromatic N) is 2. The SMILES string of the molecule is CC(N)C(c1ccc(Br)cc1)N(C)C1CCCN(C)C1. The van der Waals surface area contributed by atoms with E-state index in [4.69, 9.17) is 5.73 Å². The predicted molar refractivity (Wildman–Crippen MR) is 88.8 cm³/mol. The molecular formula is C16H26BrN3. The molecule has 112 valence electrons. The van der Waals surface area contributed by atoms with Crippen LogP contribution in [0.2, 0.25) is 0 Å². The highest BCUT2D eigenvalue weighted by atomic mass is 79.9. The summed E-state index contributed by atoms with van der Waals surface area (Å²) >= 11 is 3.50. The van der Waals surface area contributed by atoms with Crippen LogP contribution in [0.3, 0.4) is 0 Å². The number of likely N-dealkylation sites (N-methyl/N-ethyl adjacent to an activating group) is 2. The number of hydrogen-bond donors (Lipinski definition) is 1. The fraction of sp³-hybridized carbons (Fsp3) is 0.625. The molecule has 1 aliphatic heterocycles. The van der Waals surface area contributed by atoms with Crippen LogP contribution in [0.1, 0.15) is 31.4 Å². The summed E-state index contributed by atoms with van der Waals surface area (Å²) in [6, 6.07) is 9.56. The maximum atomic E-state index is 6.28. The molecule has 1 heterocycles. The Morgan fingerprint density at radius 2 is 2.00 bits per heavy atom. The van der Waals surface area contributed by atoms with E-state index in [0.29, 0.717) is 6.04 Å². The Balaban J connectivity index is 2.17. The number of hydrogen-bond acceptors (Lipinski definition) is 3. The molecule has 0 saturated carbocycles. The van der Waals surface area contributed by atoms with Gasteiger partial charge in [0, 0.05) is 29.1 Å². The Morgan fingerprint density at radius 1 is 1.35 bits per heavy atom. The van der Waals surface area contributed by atoms with E-state index in [2.05, 4.69) is 71.0 Å². The van der Waals surface area contributed by atoms with Crippen molar-refractivity contribution in [3.8, 4) is 0 Å². The quantitative estimate of drug-likeness (QED) is 0.915. The van der Waals surface area contributed by atoms with Gasteiger partial charge in [-0.15, -0.1) is 0 Å². The zero-order chi connectivity index (χ0) is 14.7. The van der Waals surface area contributed by atoms with Crippen molar-refractivity contribution in [2.24, 2.45) is 5.73 Å². The van der Waals surface area contributed by atoms with Gasteiger partial charge in [0.1, 0.15) is 0 Å². The second-order valence-corrected chi connectivity index (χ2v) is 6.99. The van der Waals surface area contributed by atoms with Gasteiger partial charge >= 0.3 is 0 Å². The van der Waals surface area contributed by atoms with Crippen LogP contribution in [0.5, 0.6) is 0 Å². The molecular weight excluding hydrogens is 314 g/mol. The number of nitrogens with two attached hydrogens (primary N) is 1. The molecule has 0 aromatic heterocycles. The van der Waals surface area contributed by atoms with Gasteiger partial charge in [-0.25, -0.2) is 0 Å². The summed E-state index contributed by atoms with van der Waals surface area (Å²) in [7, 11) is 4.43. The van der Waals surface area contributed by atoms with Gasteiger partial charge in [-0.05, 0) is 58.1 Å². The summed E-state index contributed by atoms with van der Waals surface area (Å²) in [5, 5.41) is 0. The average molecular weight is 340 g/mol. The molecule has 0 radical (unpaired) electrons. The lowest BCUT2D eigenvalue weighted by molar-refractivity contribution is 0.0893. The molecule has 1 aliphatic rings. The fourth-order valence-electron chi connectivity index (χ4n) is 3.27. The lowest BCUT2D eigenvalue weighted by atomic mass is 9.95. The molecule has 2 rings (SSSR count). The summed E-state index contributed by atoms with van der Waals surface area (Å²) < 4.78 is 1.12. The number of halogens is 1. The Labute approximate surface area is 131 Å². The van der Waals surface area contributed by atoms with Crippen LogP contribution in [0.15, 0.2) is 28.7 Å². The van der Waals surface area contributed by atoms with Crippen molar-refractivity contribution in [3.05, 3.63) is 34.3 Å². The maximum absolute atomic E-state index is 6.28. The van der Waals surface area contributed by atoms with Crippen molar-refractivity contribution in [1.82, 2.24) is 9.80 Å². The number of benzene rings is 1. The highest BCUT2D eigenvalue weighted by Crippen LogP contribution is 2.28. The number of likely N-dealkylation sites (tertiary alicyclic amines) is 1. The minimum absolute atomic E-state index is 0.119. The van der Waals surface area contributed by atoms with Crippen molar-refractivity contribution in [3.63, 3.8) is 0 Å². The van der Waals surface area contributed by atoms with Crippen molar-refractivity contribution in [1.29, 1.82) is 0 Å². The standard InChI is InChI=1S/C16H26BrN3/c1-12(18)16(13-6-8-14(17)9-7-13)20(3)15-5-4-10-19(2)11-15/h6-9,12,15-16H,4-5,10-11,18H2,1-3H3. The smallest absolute Gasteiger partial charge is 0.0496 e. The van der Waals surface area contributed by atoms with Gasteiger partial charge in [0.05, 0.1) is 0 Å². The Morgan fingerprint density at radius 3 is 2.55 bits per heavy atom. The summed E-state index contributed by atoms with van der Waals surface area (Å²) in [4.78, 5) is 4.90. The zero-order valence-corrected chi connectivity index (χ0v) is 14.3. The summed E-state index contributed by atoms with van der Waals surface area (Å²) in [5.74, 6) is 0. The molecule has 3 nitrogen and oxygen atoms in total. The van der Waals surface area contributed by atoms with E-state index >= 15 is 0 Å². The molecule has 3 unspecified atom stereocenters. The largest absolute Gasteiger partial charge is 0.326 e. The third-order valence-electron chi connectivity index (χ3n) is 4.32. The first-order valence-corrected chi connectivity index (χ1v) is 8.20. The topological polar surface area (TPSA) is 32.5 Å². The molecule has 0 spiro atoms. The minimum Gasteiger partial charge on any atom is -0.326 e. The monoisotopic (exact) mass is 339 g/mol. The Kier molecular flexibility index (Phi) is 5.61. The fourth-order valence-corrected chi connectivity index (χ4v) is 3.53. The third-order valence-corrected chi connectivity index (χ3v) is 4.85. The van der Waals surface area contributed by atoms with E-state index in [1.165, 1.54) is 24.9 Å². The molecule has 0 amide bonds. The average Bonchev–Trinajstić information content (AvgIpc) is 2.41. The van der Waals surface area contributed by atoms with Gasteiger partial charge in [0.2, 0.25) is 0 Å². The highest BCUT2D eigenvalue weighted by Gasteiger charge is 2.29. The van der Waals surface area contributed by atoms with Gasteiger partial charge in [0.15, 0.2) is 0 Å². The lowest BCUT2D eigenvalue weighted by Gasteiger charge is -2.41. The number of rotatable bonds is 4. The first-order valence-electron chi connectivity index (χ1n) is 7.40. The second-order valence-electron chi connectivity index (χ2n) is 6.08. The molecule has 1 aromatic carbocycles. The molecule has 1 aromatic rings. The van der Waals surface area contributed by atoms with Gasteiger partial charge in [0.25, 0.3) is 0 Å². The van der Waals surface area contributed by atoms with Gasteiger partial charge < -0.3 is 10.6 Å². The van der Waals surface area contributed by atoms with E-state index in [9.17, 15) is 0 Å². The summed E-state index contributed by atoms with van der Waals surface area (Å²) in [6.07, 6.45) is 2.54. The highest BCUT2D eigenvalue weighted by molar-refractivity contribution is 9.10. The van der Waals surface area contributed by atoms with Crippen LogP contribution in [0.25, 0.3) is 0 Å². The van der Waals surface area contributed by atoms with Crippen LogP contribution in [-0.2, 0) is 0 Å². The minimum atomic E-state index is 0.119. The van der Waals surface area contributed by atoms with Crippen LogP contribution in [0.4, 0.5) is 0 Å². The second kappa shape index (κ2) is 7.03. The van der Waals surface area contributed by atoms with E-state index in [-0.39, 0.29) is 12.1 Å². The zero-order valence-electron chi connectivity index (χ0n) is 12.7. The Bertz CT molecular complexity index is 418. The van der Waals surface area contributed by atoms with Gasteiger partial charge in [-0.2, -0.15) is 0 Å². The van der Waals surface area contributed by atoms with Gasteiger partial charge in [-0.3, -0.25) is 4.90 Å². The summed E-state index contributed by atoms with van der Waals surface area (Å²) in [5.41, 5.74) is 7.59. The third kappa shape index (κ3) is 3.82. The van der Waals surface area contributed by atoms with E-state index < -0.39 is 0 Å². The molecule has 20 heavy (non-hydrogen) atoms. The summed E-state index contributed by atoms with van der Waals surface area (Å²) in [6.45, 7) is 4.46. The molecule has 0 bridgehead atoms. The Hall–Kier alpha value is -0.420. The number of piperidine rings is 1. The molecule has 4 heteroatoms. The molecule has 0 aliphatic carbocycles. The molecule has 1 fully saturated rings. The van der Waals surface area contributed by atoms with Crippen molar-refractivity contribution in [2.45, 2.75) is 37.9 Å². The first kappa shape index (κ1) is 16.0. The molecule has 2 N–H and O–H groups in total. The van der Waals surface area contributed by atoms with Crippen molar-refractivity contribution in [2.75, 3.05) is 27.2 Å². The molecule has 1 saturated heterocycles. The first-order chi connectivity index (χ1) is 9.49. The maximum Gasteiger partial charge on any atom is 0.0496 e. The van der Waals surface area contributed by atoms with Crippen LogP contribution in [-0.4, -0.2) is 49.1 Å². The van der Waals surface area contributed by atoms with Crippen molar-refractivity contribution >= 4 is 15.9 Å². The van der Waals surface area contributed by atoms with Crippen LogP contribution >= 0.6 is 15.9 Å². The van der Waals surface area contributed by atoms with E-state index in [0.717, 1.165) is 11.0 Å². The van der Waals surface area contributed by atoms with E-state index in [1.807, 2.05) is 0 Å². The predicted octanol–water partition coefficient (Wildman–Crippen LogP) is 2.86. The lowest BCUT2D eigenvalue weighted by Crippen LogP contribution is -2.49. The van der Waals surface area contributed by atoms with Crippen molar-refractivity contribution < 1.29 is 0 Å².